The van der Waals surface area contributed by atoms with Gasteiger partial charge in [0.15, 0.2) is 0 Å². The fourth-order valence-corrected chi connectivity index (χ4v) is 1.50. The Morgan fingerprint density at radius 2 is 2.06 bits per heavy atom. The van der Waals surface area contributed by atoms with Gasteiger partial charge in [-0.2, -0.15) is 0 Å². The number of anilines is 1. The monoisotopic (exact) mass is 237 g/mol. The predicted molar refractivity (Wildman–Crippen MR) is 67.7 cm³/mol. The van der Waals surface area contributed by atoms with Crippen LogP contribution in [0.5, 0.6) is 0 Å². The maximum Gasteiger partial charge on any atom is 0.253 e. The maximum atomic E-state index is 12.1. The normalized spacial score (nSPS) is 10.1. The van der Waals surface area contributed by atoms with Crippen molar-refractivity contribution in [2.75, 3.05) is 32.2 Å². The summed E-state index contributed by atoms with van der Waals surface area (Å²) in [6.45, 7) is 3.76. The van der Waals surface area contributed by atoms with Crippen molar-refractivity contribution in [3.63, 3.8) is 0 Å². The van der Waals surface area contributed by atoms with Gasteiger partial charge in [-0.05, 0) is 31.2 Å². The minimum Gasteiger partial charge on any atom is -0.383 e. The SMILES string of the molecule is CCN(CCOC)C(=O)c1ccc(NN)cc1. The zero-order valence-corrected chi connectivity index (χ0v) is 10.3. The average Bonchev–Trinajstić information content (AvgIpc) is 2.39. The van der Waals surface area contributed by atoms with Crippen molar-refractivity contribution >= 4 is 11.6 Å². The third kappa shape index (κ3) is 3.72. The van der Waals surface area contributed by atoms with E-state index in [1.807, 2.05) is 6.92 Å². The molecule has 0 bridgehead atoms. The molecule has 1 amide bonds. The largest absolute Gasteiger partial charge is 0.383 e. The van der Waals surface area contributed by atoms with Gasteiger partial charge in [-0.15, -0.1) is 0 Å². The Morgan fingerprint density at radius 1 is 1.41 bits per heavy atom. The van der Waals surface area contributed by atoms with E-state index in [0.717, 1.165) is 5.69 Å². The Bertz CT molecular complexity index is 351. The molecular formula is C12H19N3O2. The number of hydrazine groups is 1. The summed E-state index contributed by atoms with van der Waals surface area (Å²) in [4.78, 5) is 13.8. The summed E-state index contributed by atoms with van der Waals surface area (Å²) >= 11 is 0. The molecule has 0 aliphatic heterocycles. The lowest BCUT2D eigenvalue weighted by atomic mass is 10.2. The Hall–Kier alpha value is -1.59. The fourth-order valence-electron chi connectivity index (χ4n) is 1.50. The topological polar surface area (TPSA) is 67.6 Å². The molecule has 1 aromatic carbocycles. The number of nitrogens with one attached hydrogen (secondary N) is 1. The Morgan fingerprint density at radius 3 is 2.53 bits per heavy atom. The second kappa shape index (κ2) is 6.88. The van der Waals surface area contributed by atoms with Crippen LogP contribution in [0.25, 0.3) is 0 Å². The van der Waals surface area contributed by atoms with Crippen LogP contribution >= 0.6 is 0 Å². The summed E-state index contributed by atoms with van der Waals surface area (Å²) in [6.07, 6.45) is 0. The van der Waals surface area contributed by atoms with Crippen LogP contribution in [0.15, 0.2) is 24.3 Å². The first-order chi connectivity index (χ1) is 8.22. The van der Waals surface area contributed by atoms with Gasteiger partial charge in [0.1, 0.15) is 0 Å². The number of hydrogen-bond acceptors (Lipinski definition) is 4. The molecule has 0 saturated carbocycles. The van der Waals surface area contributed by atoms with Crippen LogP contribution in [-0.4, -0.2) is 37.6 Å². The van der Waals surface area contributed by atoms with Gasteiger partial charge in [0, 0.05) is 31.5 Å². The quantitative estimate of drug-likeness (QED) is 0.574. The molecule has 0 heterocycles. The number of nitrogens with two attached hydrogens (primary N) is 1. The van der Waals surface area contributed by atoms with E-state index in [9.17, 15) is 4.79 Å². The number of carbonyl (C=O) groups excluding carboxylic acids is 1. The van der Waals surface area contributed by atoms with Crippen molar-refractivity contribution < 1.29 is 9.53 Å². The number of carbonyl (C=O) groups is 1. The summed E-state index contributed by atoms with van der Waals surface area (Å²) in [7, 11) is 1.63. The molecule has 5 nitrogen and oxygen atoms in total. The van der Waals surface area contributed by atoms with E-state index >= 15 is 0 Å². The van der Waals surface area contributed by atoms with Crippen LogP contribution in [0.2, 0.25) is 0 Å². The Labute approximate surface area is 102 Å². The molecule has 0 fully saturated rings. The second-order valence-electron chi connectivity index (χ2n) is 3.60. The first-order valence-corrected chi connectivity index (χ1v) is 5.57. The van der Waals surface area contributed by atoms with Crippen molar-refractivity contribution in [1.82, 2.24) is 4.90 Å². The number of amides is 1. The van der Waals surface area contributed by atoms with Crippen LogP contribution < -0.4 is 11.3 Å². The number of benzene rings is 1. The zero-order valence-electron chi connectivity index (χ0n) is 10.3. The number of rotatable bonds is 6. The summed E-state index contributed by atoms with van der Waals surface area (Å²) < 4.78 is 4.98. The number of hydrogen-bond donors (Lipinski definition) is 2. The third-order valence-corrected chi connectivity index (χ3v) is 2.53. The van der Waals surface area contributed by atoms with E-state index in [1.54, 1.807) is 36.3 Å². The molecule has 0 saturated heterocycles. The molecule has 0 aromatic heterocycles. The molecule has 1 rings (SSSR count). The van der Waals surface area contributed by atoms with Crippen LogP contribution in [0.3, 0.4) is 0 Å². The van der Waals surface area contributed by atoms with Crippen molar-refractivity contribution in [2.24, 2.45) is 5.84 Å². The van der Waals surface area contributed by atoms with Crippen molar-refractivity contribution in [3.8, 4) is 0 Å². The highest BCUT2D eigenvalue weighted by Crippen LogP contribution is 2.10. The highest BCUT2D eigenvalue weighted by Gasteiger charge is 2.13. The van der Waals surface area contributed by atoms with E-state index in [1.165, 1.54) is 0 Å². The Balaban J connectivity index is 2.71. The molecule has 3 N–H and O–H groups in total. The zero-order chi connectivity index (χ0) is 12.7. The minimum absolute atomic E-state index is 0.00752. The lowest BCUT2D eigenvalue weighted by Gasteiger charge is -2.20. The van der Waals surface area contributed by atoms with Crippen LogP contribution in [-0.2, 0) is 4.74 Å². The van der Waals surface area contributed by atoms with E-state index in [4.69, 9.17) is 10.6 Å². The molecule has 94 valence electrons. The molecule has 1 aromatic rings. The van der Waals surface area contributed by atoms with Crippen LogP contribution in [0, 0.1) is 0 Å². The van der Waals surface area contributed by atoms with Gasteiger partial charge in [0.2, 0.25) is 0 Å². The number of likely N-dealkylation sites (N-methyl/N-ethyl adjacent to an activating group) is 1. The smallest absolute Gasteiger partial charge is 0.253 e. The van der Waals surface area contributed by atoms with Gasteiger partial charge in [-0.25, -0.2) is 0 Å². The van der Waals surface area contributed by atoms with Crippen LogP contribution in [0.4, 0.5) is 5.69 Å². The maximum absolute atomic E-state index is 12.1. The summed E-state index contributed by atoms with van der Waals surface area (Å²) in [5.74, 6) is 5.27. The van der Waals surface area contributed by atoms with Crippen molar-refractivity contribution in [3.05, 3.63) is 29.8 Å². The first kappa shape index (κ1) is 13.5. The van der Waals surface area contributed by atoms with Crippen LogP contribution in [0.1, 0.15) is 17.3 Å². The number of methoxy groups -OCH3 is 1. The fraction of sp³-hybridized carbons (Fsp3) is 0.417. The molecule has 0 radical (unpaired) electrons. The second-order valence-corrected chi connectivity index (χ2v) is 3.60. The van der Waals surface area contributed by atoms with Gasteiger partial charge in [-0.3, -0.25) is 10.6 Å². The van der Waals surface area contributed by atoms with Gasteiger partial charge < -0.3 is 15.1 Å². The predicted octanol–water partition coefficient (Wildman–Crippen LogP) is 1.08. The lowest BCUT2D eigenvalue weighted by molar-refractivity contribution is 0.0706. The molecule has 0 spiro atoms. The summed E-state index contributed by atoms with van der Waals surface area (Å²) in [6, 6.07) is 7.06. The average molecular weight is 237 g/mol. The molecule has 5 heteroatoms. The van der Waals surface area contributed by atoms with Gasteiger partial charge in [-0.1, -0.05) is 0 Å². The molecule has 17 heavy (non-hydrogen) atoms. The highest BCUT2D eigenvalue weighted by atomic mass is 16.5. The number of ether oxygens (including phenoxy) is 1. The highest BCUT2D eigenvalue weighted by molar-refractivity contribution is 5.94. The third-order valence-electron chi connectivity index (χ3n) is 2.53. The molecule has 0 unspecified atom stereocenters. The summed E-state index contributed by atoms with van der Waals surface area (Å²) in [5, 5.41) is 0. The lowest BCUT2D eigenvalue weighted by Crippen LogP contribution is -2.33. The van der Waals surface area contributed by atoms with Gasteiger partial charge in [0.25, 0.3) is 5.91 Å². The summed E-state index contributed by atoms with van der Waals surface area (Å²) in [5.41, 5.74) is 3.96. The standard InChI is InChI=1S/C12H19N3O2/c1-3-15(8-9-17-2)12(16)10-4-6-11(14-13)7-5-10/h4-7,14H,3,8-9,13H2,1-2H3. The van der Waals surface area contributed by atoms with E-state index in [-0.39, 0.29) is 5.91 Å². The molecular weight excluding hydrogens is 218 g/mol. The van der Waals surface area contributed by atoms with E-state index in [2.05, 4.69) is 5.43 Å². The molecule has 0 aliphatic carbocycles. The van der Waals surface area contributed by atoms with Gasteiger partial charge in [0.05, 0.1) is 6.61 Å². The van der Waals surface area contributed by atoms with Crippen molar-refractivity contribution in [2.45, 2.75) is 6.92 Å². The Kier molecular flexibility index (Phi) is 5.45. The van der Waals surface area contributed by atoms with Crippen molar-refractivity contribution in [1.29, 1.82) is 0 Å². The minimum atomic E-state index is 0.00752. The number of nitrogen functional groups attached to an aromatic ring is 1. The van der Waals surface area contributed by atoms with E-state index in [0.29, 0.717) is 25.3 Å². The van der Waals surface area contributed by atoms with E-state index < -0.39 is 0 Å². The van der Waals surface area contributed by atoms with Gasteiger partial charge >= 0.3 is 0 Å². The molecule has 0 atom stereocenters. The number of nitrogens with zero attached hydrogens (tertiary/aromatic N) is 1. The molecule has 0 aliphatic rings. The first-order valence-electron chi connectivity index (χ1n) is 5.57.